The van der Waals surface area contributed by atoms with Crippen molar-refractivity contribution in [2.24, 2.45) is 5.73 Å². The highest BCUT2D eigenvalue weighted by Crippen LogP contribution is 1.92. The fraction of sp³-hybridized carbons (Fsp3) is 1.00. The lowest BCUT2D eigenvalue weighted by Gasteiger charge is -2.21. The Kier molecular flexibility index (Phi) is 6.51. The summed E-state index contributed by atoms with van der Waals surface area (Å²) in [5, 5.41) is 9.08. The van der Waals surface area contributed by atoms with Crippen molar-refractivity contribution in [3.63, 3.8) is 0 Å². The van der Waals surface area contributed by atoms with Gasteiger partial charge in [0.05, 0.1) is 6.10 Å². The van der Waals surface area contributed by atoms with Crippen molar-refractivity contribution in [2.45, 2.75) is 26.4 Å². The molecule has 0 aliphatic carbocycles. The van der Waals surface area contributed by atoms with E-state index in [0.717, 1.165) is 32.6 Å². The van der Waals surface area contributed by atoms with Crippen LogP contribution in [0.25, 0.3) is 0 Å². The first-order valence-electron chi connectivity index (χ1n) is 4.31. The first-order chi connectivity index (χ1) is 5.20. The molecule has 1 unspecified atom stereocenters. The Balaban J connectivity index is 3.41. The van der Waals surface area contributed by atoms with Crippen molar-refractivity contribution in [2.75, 3.05) is 26.2 Å². The van der Waals surface area contributed by atoms with E-state index in [1.807, 2.05) is 6.92 Å². The second-order valence-electron chi connectivity index (χ2n) is 2.88. The standard InChI is InChI=1S/C8H20N2O/c1-3-10(6-4-5-9)7-8(2)11/h8,11H,3-7,9H2,1-2H3. The summed E-state index contributed by atoms with van der Waals surface area (Å²) in [6, 6.07) is 0. The zero-order valence-corrected chi connectivity index (χ0v) is 7.58. The summed E-state index contributed by atoms with van der Waals surface area (Å²) in [6.45, 7) is 7.39. The van der Waals surface area contributed by atoms with Crippen molar-refractivity contribution in [1.29, 1.82) is 0 Å². The molecule has 3 N–H and O–H groups in total. The van der Waals surface area contributed by atoms with Crippen LogP contribution >= 0.6 is 0 Å². The molecule has 0 aromatic heterocycles. The molecule has 3 heteroatoms. The van der Waals surface area contributed by atoms with E-state index in [9.17, 15) is 0 Å². The van der Waals surface area contributed by atoms with E-state index in [0.29, 0.717) is 0 Å². The fourth-order valence-corrected chi connectivity index (χ4v) is 1.07. The molecule has 0 saturated carbocycles. The van der Waals surface area contributed by atoms with E-state index >= 15 is 0 Å². The summed E-state index contributed by atoms with van der Waals surface area (Å²) in [7, 11) is 0. The molecule has 0 radical (unpaired) electrons. The third-order valence-corrected chi connectivity index (χ3v) is 1.65. The highest BCUT2D eigenvalue weighted by atomic mass is 16.3. The molecule has 0 aliphatic rings. The first kappa shape index (κ1) is 10.9. The van der Waals surface area contributed by atoms with Gasteiger partial charge >= 0.3 is 0 Å². The Bertz CT molecular complexity index is 86.2. The average molecular weight is 160 g/mol. The fourth-order valence-electron chi connectivity index (χ4n) is 1.07. The number of rotatable bonds is 6. The maximum absolute atomic E-state index is 9.08. The quantitative estimate of drug-likeness (QED) is 0.576. The number of hydrogen-bond acceptors (Lipinski definition) is 3. The van der Waals surface area contributed by atoms with Gasteiger partial charge in [-0.2, -0.15) is 0 Å². The molecule has 0 rings (SSSR count). The summed E-state index contributed by atoms with van der Waals surface area (Å²) in [4.78, 5) is 2.21. The van der Waals surface area contributed by atoms with Gasteiger partial charge in [0.2, 0.25) is 0 Å². The minimum absolute atomic E-state index is 0.229. The van der Waals surface area contributed by atoms with E-state index in [2.05, 4.69) is 11.8 Å². The number of nitrogens with zero attached hydrogens (tertiary/aromatic N) is 1. The maximum atomic E-state index is 9.08. The Morgan fingerprint density at radius 1 is 1.55 bits per heavy atom. The molecule has 0 aromatic rings. The van der Waals surface area contributed by atoms with Gasteiger partial charge in [-0.25, -0.2) is 0 Å². The minimum atomic E-state index is -0.229. The molecule has 0 aliphatic heterocycles. The van der Waals surface area contributed by atoms with E-state index < -0.39 is 0 Å². The number of likely N-dealkylation sites (N-methyl/N-ethyl adjacent to an activating group) is 1. The van der Waals surface area contributed by atoms with Crippen LogP contribution in [0.4, 0.5) is 0 Å². The van der Waals surface area contributed by atoms with Crippen molar-refractivity contribution < 1.29 is 5.11 Å². The summed E-state index contributed by atoms with van der Waals surface area (Å²) in [5.41, 5.74) is 5.37. The van der Waals surface area contributed by atoms with Gasteiger partial charge in [-0.05, 0) is 33.0 Å². The molecule has 0 bridgehead atoms. The Morgan fingerprint density at radius 2 is 2.18 bits per heavy atom. The van der Waals surface area contributed by atoms with Crippen molar-refractivity contribution in [1.82, 2.24) is 4.90 Å². The highest BCUT2D eigenvalue weighted by molar-refractivity contribution is 4.59. The topological polar surface area (TPSA) is 49.5 Å². The van der Waals surface area contributed by atoms with Crippen LogP contribution in [0.1, 0.15) is 20.3 Å². The lowest BCUT2D eigenvalue weighted by Crippen LogP contribution is -2.32. The van der Waals surface area contributed by atoms with Gasteiger partial charge in [-0.15, -0.1) is 0 Å². The monoisotopic (exact) mass is 160 g/mol. The van der Waals surface area contributed by atoms with Gasteiger partial charge in [0.1, 0.15) is 0 Å². The van der Waals surface area contributed by atoms with Gasteiger partial charge in [-0.3, -0.25) is 0 Å². The van der Waals surface area contributed by atoms with Gasteiger partial charge in [0.15, 0.2) is 0 Å². The second kappa shape index (κ2) is 6.58. The van der Waals surface area contributed by atoms with E-state index in [1.54, 1.807) is 0 Å². The highest BCUT2D eigenvalue weighted by Gasteiger charge is 2.03. The number of aliphatic hydroxyl groups excluding tert-OH is 1. The molecule has 68 valence electrons. The largest absolute Gasteiger partial charge is 0.392 e. The molecule has 0 spiro atoms. The summed E-state index contributed by atoms with van der Waals surface area (Å²) >= 11 is 0. The van der Waals surface area contributed by atoms with Crippen LogP contribution in [0.15, 0.2) is 0 Å². The number of nitrogens with two attached hydrogens (primary N) is 1. The van der Waals surface area contributed by atoms with Crippen molar-refractivity contribution in [3.05, 3.63) is 0 Å². The van der Waals surface area contributed by atoms with Crippen LogP contribution in [0.2, 0.25) is 0 Å². The van der Waals surface area contributed by atoms with Crippen LogP contribution in [0.3, 0.4) is 0 Å². The lowest BCUT2D eigenvalue weighted by molar-refractivity contribution is 0.129. The number of aliphatic hydroxyl groups is 1. The van der Waals surface area contributed by atoms with E-state index in [4.69, 9.17) is 10.8 Å². The molecule has 0 amide bonds. The minimum Gasteiger partial charge on any atom is -0.392 e. The van der Waals surface area contributed by atoms with Gasteiger partial charge in [-0.1, -0.05) is 6.92 Å². The molecule has 0 heterocycles. The zero-order valence-electron chi connectivity index (χ0n) is 7.58. The second-order valence-corrected chi connectivity index (χ2v) is 2.88. The summed E-state index contributed by atoms with van der Waals surface area (Å²) in [5.74, 6) is 0. The molecule has 11 heavy (non-hydrogen) atoms. The lowest BCUT2D eigenvalue weighted by atomic mass is 10.3. The predicted molar refractivity (Wildman–Crippen MR) is 47.5 cm³/mol. The molecule has 3 nitrogen and oxygen atoms in total. The molecule has 0 aromatic carbocycles. The molecule has 0 saturated heterocycles. The molecule has 0 fully saturated rings. The molecular formula is C8H20N2O. The van der Waals surface area contributed by atoms with E-state index in [-0.39, 0.29) is 6.10 Å². The van der Waals surface area contributed by atoms with Crippen LogP contribution in [-0.4, -0.2) is 42.3 Å². The van der Waals surface area contributed by atoms with Crippen LogP contribution in [-0.2, 0) is 0 Å². The predicted octanol–water partition coefficient (Wildman–Crippen LogP) is 0.0379. The van der Waals surface area contributed by atoms with Crippen LogP contribution in [0, 0.1) is 0 Å². The Hall–Kier alpha value is -0.120. The Morgan fingerprint density at radius 3 is 2.55 bits per heavy atom. The summed E-state index contributed by atoms with van der Waals surface area (Å²) < 4.78 is 0. The summed E-state index contributed by atoms with van der Waals surface area (Å²) in [6.07, 6.45) is 0.785. The maximum Gasteiger partial charge on any atom is 0.0639 e. The third kappa shape index (κ3) is 6.28. The van der Waals surface area contributed by atoms with Gasteiger partial charge < -0.3 is 15.7 Å². The van der Waals surface area contributed by atoms with Crippen LogP contribution < -0.4 is 5.73 Å². The molecular weight excluding hydrogens is 140 g/mol. The van der Waals surface area contributed by atoms with Crippen molar-refractivity contribution in [3.8, 4) is 0 Å². The van der Waals surface area contributed by atoms with Crippen LogP contribution in [0.5, 0.6) is 0 Å². The third-order valence-electron chi connectivity index (χ3n) is 1.65. The zero-order chi connectivity index (χ0) is 8.69. The SMILES string of the molecule is CCN(CCCN)CC(C)O. The van der Waals surface area contributed by atoms with Gasteiger partial charge in [0.25, 0.3) is 0 Å². The average Bonchev–Trinajstić information content (AvgIpc) is 1.97. The van der Waals surface area contributed by atoms with Gasteiger partial charge in [0, 0.05) is 6.54 Å². The normalized spacial score (nSPS) is 13.9. The smallest absolute Gasteiger partial charge is 0.0639 e. The molecule has 1 atom stereocenters. The first-order valence-corrected chi connectivity index (χ1v) is 4.31. The Labute approximate surface area is 69.2 Å². The number of hydrogen-bond donors (Lipinski definition) is 2. The van der Waals surface area contributed by atoms with Crippen molar-refractivity contribution >= 4 is 0 Å². The van der Waals surface area contributed by atoms with E-state index in [1.165, 1.54) is 0 Å².